The topological polar surface area (TPSA) is 24.1 Å². The van der Waals surface area contributed by atoms with Gasteiger partial charge in [0.05, 0.1) is 0 Å². The van der Waals surface area contributed by atoms with Gasteiger partial charge in [0, 0.05) is 0 Å². The highest BCUT2D eigenvalue weighted by Crippen LogP contribution is 2.14. The Hall–Kier alpha value is 0.137. The smallest absolute Gasteiger partial charge is 0.201 e. The summed E-state index contributed by atoms with van der Waals surface area (Å²) in [4.78, 5) is 7.69. The molecule has 0 aliphatic heterocycles. The lowest BCUT2D eigenvalue weighted by Gasteiger charge is -2.33. The predicted octanol–water partition coefficient (Wildman–Crippen LogP) is 3.25. The molecule has 0 heterocycles. The van der Waals surface area contributed by atoms with Crippen molar-refractivity contribution in [3.05, 3.63) is 0 Å². The SMILES string of the molecule is CCCN[Si](CCC)(CCC)NCCC. The van der Waals surface area contributed by atoms with Crippen LogP contribution < -0.4 is 9.96 Å². The second-order valence-corrected chi connectivity index (χ2v) is 8.31. The van der Waals surface area contributed by atoms with E-state index in [4.69, 9.17) is 0 Å². The summed E-state index contributed by atoms with van der Waals surface area (Å²) in [5.74, 6) is 0. The summed E-state index contributed by atoms with van der Waals surface area (Å²) >= 11 is 0. The fraction of sp³-hybridized carbons (Fsp3) is 1.00. The van der Waals surface area contributed by atoms with Crippen LogP contribution in [-0.2, 0) is 0 Å². The van der Waals surface area contributed by atoms with Crippen molar-refractivity contribution in [3.63, 3.8) is 0 Å². The molecule has 0 bridgehead atoms. The zero-order valence-electron chi connectivity index (χ0n) is 11.2. The minimum Gasteiger partial charge on any atom is -0.325 e. The van der Waals surface area contributed by atoms with Crippen molar-refractivity contribution >= 4 is 8.40 Å². The maximum atomic E-state index is 3.85. The van der Waals surface area contributed by atoms with Crippen molar-refractivity contribution in [1.29, 1.82) is 0 Å². The third kappa shape index (κ3) is 6.33. The minimum atomic E-state index is -1.34. The van der Waals surface area contributed by atoms with Gasteiger partial charge in [-0.05, 0) is 38.0 Å². The van der Waals surface area contributed by atoms with E-state index in [1.54, 1.807) is 0 Å². The van der Waals surface area contributed by atoms with E-state index < -0.39 is 8.40 Å². The molecule has 0 aromatic carbocycles. The van der Waals surface area contributed by atoms with Gasteiger partial charge < -0.3 is 9.96 Å². The van der Waals surface area contributed by atoms with Crippen LogP contribution in [0.3, 0.4) is 0 Å². The van der Waals surface area contributed by atoms with Crippen LogP contribution in [0.4, 0.5) is 0 Å². The van der Waals surface area contributed by atoms with Crippen LogP contribution in [0.5, 0.6) is 0 Å². The van der Waals surface area contributed by atoms with Crippen LogP contribution in [-0.4, -0.2) is 21.5 Å². The molecule has 15 heavy (non-hydrogen) atoms. The zero-order valence-corrected chi connectivity index (χ0v) is 12.2. The highest BCUT2D eigenvalue weighted by molar-refractivity contribution is 6.75. The van der Waals surface area contributed by atoms with Crippen LogP contribution in [0.1, 0.15) is 53.4 Å². The molecular weight excluding hydrogens is 200 g/mol. The average molecular weight is 230 g/mol. The number of nitrogens with one attached hydrogen (secondary N) is 2. The molecule has 2 nitrogen and oxygen atoms in total. The quantitative estimate of drug-likeness (QED) is 0.563. The largest absolute Gasteiger partial charge is 0.325 e. The van der Waals surface area contributed by atoms with Crippen LogP contribution >= 0.6 is 0 Å². The highest BCUT2D eigenvalue weighted by atomic mass is 28.3. The van der Waals surface area contributed by atoms with E-state index in [-0.39, 0.29) is 0 Å². The van der Waals surface area contributed by atoms with Crippen LogP contribution in [0.15, 0.2) is 0 Å². The summed E-state index contributed by atoms with van der Waals surface area (Å²) in [7, 11) is -1.34. The standard InChI is InChI=1S/C12H30N2Si/c1-5-9-13-15(11-7-3,12-8-4)14-10-6-2/h13-14H,5-12H2,1-4H3. The lowest BCUT2D eigenvalue weighted by Crippen LogP contribution is -2.62. The molecule has 0 unspecified atom stereocenters. The Morgan fingerprint density at radius 2 is 1.07 bits per heavy atom. The summed E-state index contributed by atoms with van der Waals surface area (Å²) in [5, 5.41) is 0. The Labute approximate surface area is 97.4 Å². The first-order valence-electron chi connectivity index (χ1n) is 6.74. The van der Waals surface area contributed by atoms with E-state index in [1.165, 1.54) is 50.9 Å². The molecule has 0 fully saturated rings. The lowest BCUT2D eigenvalue weighted by molar-refractivity contribution is 0.729. The monoisotopic (exact) mass is 230 g/mol. The molecule has 92 valence electrons. The van der Waals surface area contributed by atoms with Crippen molar-refractivity contribution in [2.45, 2.75) is 65.5 Å². The van der Waals surface area contributed by atoms with Gasteiger partial charge in [-0.15, -0.1) is 0 Å². The fourth-order valence-corrected chi connectivity index (χ4v) is 6.37. The normalized spacial score (nSPS) is 12.0. The van der Waals surface area contributed by atoms with Gasteiger partial charge in [-0.25, -0.2) is 0 Å². The van der Waals surface area contributed by atoms with Gasteiger partial charge in [0.25, 0.3) is 0 Å². The maximum absolute atomic E-state index is 3.85. The van der Waals surface area contributed by atoms with Gasteiger partial charge >= 0.3 is 0 Å². The predicted molar refractivity (Wildman–Crippen MR) is 72.5 cm³/mol. The summed E-state index contributed by atoms with van der Waals surface area (Å²) < 4.78 is 0. The molecule has 0 saturated heterocycles. The van der Waals surface area contributed by atoms with E-state index in [2.05, 4.69) is 37.7 Å². The molecule has 0 aromatic heterocycles. The van der Waals surface area contributed by atoms with Gasteiger partial charge in [0.2, 0.25) is 8.40 Å². The maximum Gasteiger partial charge on any atom is 0.201 e. The van der Waals surface area contributed by atoms with E-state index in [1.807, 2.05) is 0 Å². The molecule has 0 aliphatic rings. The highest BCUT2D eigenvalue weighted by Gasteiger charge is 2.29. The van der Waals surface area contributed by atoms with Crippen LogP contribution in [0, 0.1) is 0 Å². The average Bonchev–Trinajstić information content (AvgIpc) is 2.24. The Balaban J connectivity index is 4.26. The van der Waals surface area contributed by atoms with Crippen molar-refractivity contribution in [2.24, 2.45) is 0 Å². The number of rotatable bonds is 10. The third-order valence-corrected chi connectivity index (χ3v) is 7.34. The van der Waals surface area contributed by atoms with Gasteiger partial charge in [-0.3, -0.25) is 0 Å². The minimum absolute atomic E-state index is 1.18. The van der Waals surface area contributed by atoms with E-state index in [0.29, 0.717) is 0 Å². The van der Waals surface area contributed by atoms with E-state index in [9.17, 15) is 0 Å². The zero-order chi connectivity index (χ0) is 11.6. The Bertz CT molecular complexity index is 124. The molecule has 0 aliphatic carbocycles. The van der Waals surface area contributed by atoms with E-state index in [0.717, 1.165) is 0 Å². The summed E-state index contributed by atoms with van der Waals surface area (Å²) in [5.41, 5.74) is 0. The van der Waals surface area contributed by atoms with Crippen molar-refractivity contribution in [2.75, 3.05) is 13.1 Å². The van der Waals surface area contributed by atoms with E-state index >= 15 is 0 Å². The van der Waals surface area contributed by atoms with Crippen molar-refractivity contribution < 1.29 is 0 Å². The molecule has 0 saturated carbocycles. The molecule has 0 spiro atoms. The first kappa shape index (κ1) is 15.1. The van der Waals surface area contributed by atoms with Crippen molar-refractivity contribution in [3.8, 4) is 0 Å². The molecule has 2 N–H and O–H groups in total. The Morgan fingerprint density at radius 3 is 1.33 bits per heavy atom. The fourth-order valence-electron chi connectivity index (χ4n) is 2.12. The summed E-state index contributed by atoms with van der Waals surface area (Å²) in [6, 6.07) is 2.75. The van der Waals surface area contributed by atoms with Crippen molar-refractivity contribution in [1.82, 2.24) is 9.96 Å². The number of hydrogen-bond acceptors (Lipinski definition) is 2. The third-order valence-electron chi connectivity index (χ3n) is 2.78. The molecule has 0 rings (SSSR count). The molecule has 3 heteroatoms. The molecule has 0 atom stereocenters. The van der Waals surface area contributed by atoms with Gasteiger partial charge in [0.1, 0.15) is 0 Å². The van der Waals surface area contributed by atoms with Crippen LogP contribution in [0.2, 0.25) is 12.1 Å². The Morgan fingerprint density at radius 1 is 0.667 bits per heavy atom. The lowest BCUT2D eigenvalue weighted by atomic mass is 10.5. The number of hydrogen-bond donors (Lipinski definition) is 2. The Kier molecular flexibility index (Phi) is 9.45. The molecule has 0 amide bonds. The first-order chi connectivity index (χ1) is 7.24. The molecule has 0 aromatic rings. The second kappa shape index (κ2) is 9.37. The van der Waals surface area contributed by atoms with Gasteiger partial charge in [-0.2, -0.15) is 0 Å². The van der Waals surface area contributed by atoms with Crippen LogP contribution in [0.25, 0.3) is 0 Å². The summed E-state index contributed by atoms with van der Waals surface area (Å²) in [6.07, 6.45) is 5.10. The van der Waals surface area contributed by atoms with Gasteiger partial charge in [0.15, 0.2) is 0 Å². The molecular formula is C12H30N2Si. The summed E-state index contributed by atoms with van der Waals surface area (Å²) in [6.45, 7) is 11.5. The molecule has 0 radical (unpaired) electrons. The first-order valence-corrected chi connectivity index (χ1v) is 9.16. The second-order valence-electron chi connectivity index (χ2n) is 4.44. The van der Waals surface area contributed by atoms with Gasteiger partial charge in [-0.1, -0.05) is 40.5 Å².